The van der Waals surface area contributed by atoms with Crippen molar-refractivity contribution in [1.82, 2.24) is 4.57 Å². The highest BCUT2D eigenvalue weighted by Crippen LogP contribution is 2.23. The Balaban J connectivity index is 1.80. The summed E-state index contributed by atoms with van der Waals surface area (Å²) in [4.78, 5) is 25.4. The summed E-state index contributed by atoms with van der Waals surface area (Å²) in [6, 6.07) is 13.3. The number of rotatable bonds is 2. The van der Waals surface area contributed by atoms with Gasteiger partial charge in [0.05, 0.1) is 5.52 Å². The first kappa shape index (κ1) is 15.4. The number of pyridine rings is 1. The third kappa shape index (κ3) is 2.62. The van der Waals surface area contributed by atoms with Crippen molar-refractivity contribution in [1.29, 1.82) is 0 Å². The molecule has 0 bridgehead atoms. The third-order valence-corrected chi connectivity index (χ3v) is 5.09. The van der Waals surface area contributed by atoms with E-state index in [1.165, 1.54) is 5.56 Å². The smallest absolute Gasteiger partial charge is 0.261 e. The van der Waals surface area contributed by atoms with E-state index in [9.17, 15) is 9.59 Å². The summed E-state index contributed by atoms with van der Waals surface area (Å²) in [5.41, 5.74) is 2.83. The molecule has 1 aromatic heterocycles. The first-order valence-electron chi connectivity index (χ1n) is 7.85. The van der Waals surface area contributed by atoms with Crippen molar-refractivity contribution in [3.8, 4) is 0 Å². The molecule has 120 valence electrons. The summed E-state index contributed by atoms with van der Waals surface area (Å²) in [7, 11) is 0. The number of anilines is 1. The van der Waals surface area contributed by atoms with Gasteiger partial charge in [-0.3, -0.25) is 9.59 Å². The molecule has 0 saturated carbocycles. The molecule has 0 spiro atoms. The number of amides is 1. The van der Waals surface area contributed by atoms with E-state index >= 15 is 0 Å². The highest BCUT2D eigenvalue weighted by atomic mass is 127. The van der Waals surface area contributed by atoms with Gasteiger partial charge >= 0.3 is 0 Å². The maximum absolute atomic E-state index is 12.8. The van der Waals surface area contributed by atoms with Gasteiger partial charge < -0.3 is 9.88 Å². The lowest BCUT2D eigenvalue weighted by molar-refractivity contribution is 0.102. The summed E-state index contributed by atoms with van der Waals surface area (Å²) < 4.78 is 3.13. The number of carbonyl (C=O) groups excluding carboxylic acids is 1. The molecule has 0 radical (unpaired) electrons. The molecular formula is C19H15IN2O2. The predicted molar refractivity (Wildman–Crippen MR) is 104 cm³/mol. The van der Waals surface area contributed by atoms with E-state index in [1.807, 2.05) is 41.0 Å². The predicted octanol–water partition coefficient (Wildman–Crippen LogP) is 3.80. The first-order chi connectivity index (χ1) is 11.6. The molecule has 4 nitrogen and oxygen atoms in total. The van der Waals surface area contributed by atoms with E-state index in [-0.39, 0.29) is 16.9 Å². The molecule has 1 amide bonds. The van der Waals surface area contributed by atoms with Gasteiger partial charge in [0.25, 0.3) is 5.91 Å². The van der Waals surface area contributed by atoms with Gasteiger partial charge in [-0.2, -0.15) is 0 Å². The number of halogens is 1. The van der Waals surface area contributed by atoms with E-state index in [1.54, 1.807) is 6.20 Å². The van der Waals surface area contributed by atoms with Crippen LogP contribution < -0.4 is 10.7 Å². The highest BCUT2D eigenvalue weighted by molar-refractivity contribution is 14.1. The molecule has 1 aliphatic rings. The van der Waals surface area contributed by atoms with Crippen LogP contribution in [0.25, 0.3) is 10.9 Å². The Morgan fingerprint density at radius 1 is 1.12 bits per heavy atom. The minimum absolute atomic E-state index is 0.195. The fourth-order valence-electron chi connectivity index (χ4n) is 3.25. The molecule has 2 heterocycles. The zero-order valence-corrected chi connectivity index (χ0v) is 15.0. The Kier molecular flexibility index (Phi) is 3.88. The third-order valence-electron chi connectivity index (χ3n) is 4.37. The lowest BCUT2D eigenvalue weighted by Crippen LogP contribution is -2.25. The fraction of sp³-hybridized carbons (Fsp3) is 0.158. The van der Waals surface area contributed by atoms with E-state index in [0.717, 1.165) is 28.5 Å². The Bertz CT molecular complexity index is 1010. The molecule has 0 unspecified atom stereocenters. The molecule has 24 heavy (non-hydrogen) atoms. The number of nitrogens with zero attached hydrogens (tertiary/aromatic N) is 1. The summed E-state index contributed by atoms with van der Waals surface area (Å²) in [6.45, 7) is 0.831. The number of aryl methyl sites for hydroxylation is 2. The van der Waals surface area contributed by atoms with Crippen molar-refractivity contribution in [2.45, 2.75) is 19.4 Å². The van der Waals surface area contributed by atoms with Crippen LogP contribution in [0, 0.1) is 3.57 Å². The largest absolute Gasteiger partial charge is 0.346 e. The van der Waals surface area contributed by atoms with Gasteiger partial charge in [0.15, 0.2) is 0 Å². The monoisotopic (exact) mass is 430 g/mol. The fourth-order valence-corrected chi connectivity index (χ4v) is 3.61. The molecule has 0 saturated heterocycles. The molecule has 0 fully saturated rings. The summed E-state index contributed by atoms with van der Waals surface area (Å²) in [6.07, 6.45) is 3.70. The van der Waals surface area contributed by atoms with Crippen LogP contribution in [0.2, 0.25) is 0 Å². The van der Waals surface area contributed by atoms with Crippen LogP contribution in [0.1, 0.15) is 22.3 Å². The average molecular weight is 430 g/mol. The van der Waals surface area contributed by atoms with Crippen LogP contribution in [0.3, 0.4) is 0 Å². The molecule has 2 aromatic carbocycles. The summed E-state index contributed by atoms with van der Waals surface area (Å²) >= 11 is 2.21. The molecule has 1 N–H and O–H groups in total. The Labute approximate surface area is 152 Å². The second-order valence-electron chi connectivity index (χ2n) is 5.94. The number of benzene rings is 2. The van der Waals surface area contributed by atoms with Crippen LogP contribution in [0.5, 0.6) is 0 Å². The number of aromatic nitrogens is 1. The van der Waals surface area contributed by atoms with Crippen molar-refractivity contribution >= 4 is 45.1 Å². The SMILES string of the molecule is O=C(Nc1ccc(I)cc1)c1cn2c3c(cccc3c1=O)CCC2. The molecule has 0 aliphatic carbocycles. The van der Waals surface area contributed by atoms with Crippen molar-refractivity contribution in [3.05, 3.63) is 73.6 Å². The van der Waals surface area contributed by atoms with Crippen molar-refractivity contribution in [2.24, 2.45) is 0 Å². The van der Waals surface area contributed by atoms with Crippen LogP contribution in [0.4, 0.5) is 5.69 Å². The van der Waals surface area contributed by atoms with Gasteiger partial charge in [0.2, 0.25) is 5.43 Å². The molecule has 4 rings (SSSR count). The first-order valence-corrected chi connectivity index (χ1v) is 8.93. The van der Waals surface area contributed by atoms with Gasteiger partial charge in [-0.25, -0.2) is 0 Å². The molecule has 3 aromatic rings. The minimum Gasteiger partial charge on any atom is -0.346 e. The van der Waals surface area contributed by atoms with E-state index in [4.69, 9.17) is 0 Å². The number of hydrogen-bond acceptors (Lipinski definition) is 2. The highest BCUT2D eigenvalue weighted by Gasteiger charge is 2.19. The molecular weight excluding hydrogens is 415 g/mol. The maximum Gasteiger partial charge on any atom is 0.261 e. The normalized spacial score (nSPS) is 13.0. The van der Waals surface area contributed by atoms with E-state index < -0.39 is 0 Å². The maximum atomic E-state index is 12.8. The van der Waals surface area contributed by atoms with Crippen LogP contribution in [-0.2, 0) is 13.0 Å². The van der Waals surface area contributed by atoms with Gasteiger partial charge in [-0.05, 0) is 71.3 Å². The van der Waals surface area contributed by atoms with Crippen LogP contribution in [-0.4, -0.2) is 10.5 Å². The lowest BCUT2D eigenvalue weighted by atomic mass is 10.00. The van der Waals surface area contributed by atoms with Gasteiger partial charge in [-0.1, -0.05) is 12.1 Å². The molecule has 0 atom stereocenters. The quantitative estimate of drug-likeness (QED) is 0.629. The van der Waals surface area contributed by atoms with Crippen molar-refractivity contribution < 1.29 is 4.79 Å². The Morgan fingerprint density at radius 3 is 2.71 bits per heavy atom. The van der Waals surface area contributed by atoms with Crippen molar-refractivity contribution in [3.63, 3.8) is 0 Å². The standard InChI is InChI=1S/C19H15IN2O2/c20-13-6-8-14(9-7-13)21-19(24)16-11-22-10-2-4-12-3-1-5-15(17(12)22)18(16)23/h1,3,5-9,11H,2,4,10H2,(H,21,24). The second-order valence-corrected chi connectivity index (χ2v) is 7.19. The lowest BCUT2D eigenvalue weighted by Gasteiger charge is -2.20. The van der Waals surface area contributed by atoms with Crippen LogP contribution in [0.15, 0.2) is 53.5 Å². The zero-order chi connectivity index (χ0) is 16.7. The number of para-hydroxylation sites is 1. The average Bonchev–Trinajstić information content (AvgIpc) is 2.60. The molecule has 1 aliphatic heterocycles. The second kappa shape index (κ2) is 6.05. The molecule has 5 heteroatoms. The number of nitrogens with one attached hydrogen (secondary N) is 1. The zero-order valence-electron chi connectivity index (χ0n) is 12.9. The van der Waals surface area contributed by atoms with Gasteiger partial charge in [-0.15, -0.1) is 0 Å². The van der Waals surface area contributed by atoms with E-state index in [0.29, 0.717) is 11.1 Å². The van der Waals surface area contributed by atoms with Gasteiger partial charge in [0.1, 0.15) is 5.56 Å². The topological polar surface area (TPSA) is 51.1 Å². The minimum atomic E-state index is -0.358. The van der Waals surface area contributed by atoms with Crippen LogP contribution >= 0.6 is 22.6 Å². The Hall–Kier alpha value is -2.15. The van der Waals surface area contributed by atoms with Gasteiger partial charge in [0, 0.05) is 27.4 Å². The van der Waals surface area contributed by atoms with Crippen molar-refractivity contribution in [2.75, 3.05) is 5.32 Å². The number of hydrogen-bond donors (Lipinski definition) is 1. The number of carbonyl (C=O) groups is 1. The summed E-state index contributed by atoms with van der Waals surface area (Å²) in [5, 5.41) is 3.45. The Morgan fingerprint density at radius 2 is 1.92 bits per heavy atom. The van der Waals surface area contributed by atoms with E-state index in [2.05, 4.69) is 34.0 Å². The summed E-state index contributed by atoms with van der Waals surface area (Å²) in [5.74, 6) is -0.358.